The van der Waals surface area contributed by atoms with E-state index in [1.807, 2.05) is 41.5 Å². The zero-order valence-electron chi connectivity index (χ0n) is 24.4. The monoisotopic (exact) mass is 553 g/mol. The summed E-state index contributed by atoms with van der Waals surface area (Å²) in [4.78, 5) is 34.6. The Morgan fingerprint density at radius 2 is 1.69 bits per heavy atom. The summed E-state index contributed by atoms with van der Waals surface area (Å²) >= 11 is 1.23. The van der Waals surface area contributed by atoms with E-state index < -0.39 is 17.7 Å². The molecule has 0 bridgehead atoms. The number of amides is 1. The first-order chi connectivity index (χ1) is 18.3. The number of aromatic nitrogens is 2. The molecule has 1 amide bonds. The molecular weight excluding hydrogens is 514 g/mol. The topological polar surface area (TPSA) is 99.6 Å². The maximum atomic E-state index is 12.6. The van der Waals surface area contributed by atoms with E-state index in [1.165, 1.54) is 18.4 Å². The predicted molar refractivity (Wildman–Crippen MR) is 153 cm³/mol. The Hall–Kier alpha value is -3.46. The molecule has 1 aromatic carbocycles. The fraction of sp³-hybridized carbons (Fsp3) is 0.467. The molecule has 9 heteroatoms. The zero-order chi connectivity index (χ0) is 28.9. The van der Waals surface area contributed by atoms with Crippen molar-refractivity contribution >= 4 is 23.4 Å². The van der Waals surface area contributed by atoms with Crippen LogP contribution in [0, 0.1) is 26.7 Å². The van der Waals surface area contributed by atoms with Crippen molar-refractivity contribution in [3.05, 3.63) is 62.2 Å². The SMILES string of the molecule is COC(=O)c1sc(C)nc1OCc1c(C)nc(CC(C)C)c(CNC(=O)OC(C)(C)C)c1-c1ccc(C)cc1. The number of aryl methyl sites for hydroxylation is 3. The second-order valence-electron chi connectivity index (χ2n) is 10.9. The Morgan fingerprint density at radius 1 is 1.03 bits per heavy atom. The molecular formula is C30H39N3O5S. The van der Waals surface area contributed by atoms with Gasteiger partial charge in [0.15, 0.2) is 4.88 Å². The van der Waals surface area contributed by atoms with E-state index in [-0.39, 0.29) is 19.0 Å². The molecule has 2 heterocycles. The lowest BCUT2D eigenvalue weighted by Gasteiger charge is -2.23. The molecule has 0 saturated heterocycles. The Bertz CT molecular complexity index is 1320. The van der Waals surface area contributed by atoms with Crippen molar-refractivity contribution in [1.29, 1.82) is 0 Å². The molecule has 2 aromatic heterocycles. The fourth-order valence-electron chi connectivity index (χ4n) is 4.18. The number of methoxy groups -OCH3 is 1. The number of nitrogens with one attached hydrogen (secondary N) is 1. The predicted octanol–water partition coefficient (Wildman–Crippen LogP) is 6.72. The minimum atomic E-state index is -0.613. The smallest absolute Gasteiger partial charge is 0.407 e. The van der Waals surface area contributed by atoms with Gasteiger partial charge in [-0.1, -0.05) is 43.7 Å². The molecule has 0 saturated carbocycles. The third-order valence-corrected chi connectivity index (χ3v) is 6.80. The van der Waals surface area contributed by atoms with Gasteiger partial charge in [-0.15, -0.1) is 11.3 Å². The van der Waals surface area contributed by atoms with Gasteiger partial charge in [0.2, 0.25) is 5.88 Å². The number of hydrogen-bond acceptors (Lipinski definition) is 8. The van der Waals surface area contributed by atoms with Crippen LogP contribution in [0.5, 0.6) is 5.88 Å². The average Bonchev–Trinajstić information content (AvgIpc) is 3.21. The van der Waals surface area contributed by atoms with E-state index in [9.17, 15) is 9.59 Å². The van der Waals surface area contributed by atoms with Crippen LogP contribution in [0.15, 0.2) is 24.3 Å². The number of esters is 1. The van der Waals surface area contributed by atoms with Gasteiger partial charge in [-0.05, 0) is 65.0 Å². The second-order valence-corrected chi connectivity index (χ2v) is 12.1. The molecule has 0 aliphatic heterocycles. The standard InChI is InChI=1S/C30H39N3O5S/c1-17(2)14-24-22(15-31-29(35)38-30(6,7)8)25(21-12-10-18(3)11-13-21)23(19(4)32-24)16-37-27-26(28(34)36-9)39-20(5)33-27/h10-13,17H,14-16H2,1-9H3,(H,31,35). The molecule has 3 rings (SSSR count). The van der Waals surface area contributed by atoms with E-state index in [0.717, 1.165) is 45.6 Å². The normalized spacial score (nSPS) is 11.4. The van der Waals surface area contributed by atoms with Gasteiger partial charge in [0.1, 0.15) is 12.2 Å². The lowest BCUT2D eigenvalue weighted by molar-refractivity contribution is 0.0522. The Labute approximate surface area is 235 Å². The highest BCUT2D eigenvalue weighted by Crippen LogP contribution is 2.34. The number of thiazole rings is 1. The van der Waals surface area contributed by atoms with Crippen molar-refractivity contribution in [2.45, 2.75) is 80.6 Å². The van der Waals surface area contributed by atoms with Crippen LogP contribution in [0.25, 0.3) is 11.1 Å². The van der Waals surface area contributed by atoms with Gasteiger partial charge in [0, 0.05) is 29.1 Å². The van der Waals surface area contributed by atoms with Crippen molar-refractivity contribution in [1.82, 2.24) is 15.3 Å². The highest BCUT2D eigenvalue weighted by Gasteiger charge is 2.24. The minimum absolute atomic E-state index is 0.136. The van der Waals surface area contributed by atoms with Gasteiger partial charge in [-0.25, -0.2) is 14.6 Å². The van der Waals surface area contributed by atoms with Gasteiger partial charge in [0.25, 0.3) is 0 Å². The summed E-state index contributed by atoms with van der Waals surface area (Å²) in [6.07, 6.45) is 0.246. The molecule has 0 unspecified atom stereocenters. The lowest BCUT2D eigenvalue weighted by Crippen LogP contribution is -2.32. The molecule has 0 spiro atoms. The summed E-state index contributed by atoms with van der Waals surface area (Å²) < 4.78 is 16.6. The third-order valence-electron chi connectivity index (χ3n) is 5.87. The summed E-state index contributed by atoms with van der Waals surface area (Å²) in [5.74, 6) is 0.0998. The van der Waals surface area contributed by atoms with Gasteiger partial charge >= 0.3 is 12.1 Å². The van der Waals surface area contributed by atoms with Crippen molar-refractivity contribution in [3.8, 4) is 17.0 Å². The van der Waals surface area contributed by atoms with Crippen LogP contribution in [-0.2, 0) is 29.0 Å². The van der Waals surface area contributed by atoms with Crippen molar-refractivity contribution in [3.63, 3.8) is 0 Å². The van der Waals surface area contributed by atoms with Crippen LogP contribution >= 0.6 is 11.3 Å². The summed E-state index contributed by atoms with van der Waals surface area (Å²) in [7, 11) is 1.34. The summed E-state index contributed by atoms with van der Waals surface area (Å²) in [6.45, 7) is 16.0. The van der Waals surface area contributed by atoms with Crippen LogP contribution in [0.2, 0.25) is 0 Å². The molecule has 1 N–H and O–H groups in total. The van der Waals surface area contributed by atoms with Crippen LogP contribution in [0.3, 0.4) is 0 Å². The van der Waals surface area contributed by atoms with Crippen molar-refractivity contribution in [2.75, 3.05) is 7.11 Å². The summed E-state index contributed by atoms with van der Waals surface area (Å²) in [6, 6.07) is 8.25. The van der Waals surface area contributed by atoms with Crippen molar-refractivity contribution < 1.29 is 23.8 Å². The first kappa shape index (κ1) is 30.1. The summed E-state index contributed by atoms with van der Waals surface area (Å²) in [5, 5.41) is 3.63. The quantitative estimate of drug-likeness (QED) is 0.294. The molecule has 0 fully saturated rings. The maximum absolute atomic E-state index is 12.6. The number of pyridine rings is 1. The maximum Gasteiger partial charge on any atom is 0.407 e. The number of alkyl carbamates (subject to hydrolysis) is 1. The number of ether oxygens (including phenoxy) is 3. The molecule has 0 aliphatic rings. The summed E-state index contributed by atoms with van der Waals surface area (Å²) in [5.41, 5.74) is 5.95. The van der Waals surface area contributed by atoms with Gasteiger partial charge in [-0.2, -0.15) is 0 Å². The molecule has 0 atom stereocenters. The first-order valence-corrected chi connectivity index (χ1v) is 13.8. The van der Waals surface area contributed by atoms with E-state index >= 15 is 0 Å². The molecule has 3 aromatic rings. The third kappa shape index (κ3) is 8.02. The molecule has 0 aliphatic carbocycles. The van der Waals surface area contributed by atoms with E-state index in [0.29, 0.717) is 15.8 Å². The largest absolute Gasteiger partial charge is 0.471 e. The lowest BCUT2D eigenvalue weighted by atomic mass is 9.90. The Morgan fingerprint density at radius 3 is 2.28 bits per heavy atom. The van der Waals surface area contributed by atoms with E-state index in [4.69, 9.17) is 19.2 Å². The van der Waals surface area contributed by atoms with Crippen LogP contribution < -0.4 is 10.1 Å². The van der Waals surface area contributed by atoms with Gasteiger partial charge in [0.05, 0.1) is 12.1 Å². The molecule has 210 valence electrons. The highest BCUT2D eigenvalue weighted by molar-refractivity contribution is 7.13. The highest BCUT2D eigenvalue weighted by atomic mass is 32.1. The molecule has 39 heavy (non-hydrogen) atoms. The van der Waals surface area contributed by atoms with Crippen LogP contribution in [-0.4, -0.2) is 34.7 Å². The second kappa shape index (κ2) is 12.6. The van der Waals surface area contributed by atoms with Crippen LogP contribution in [0.4, 0.5) is 4.79 Å². The zero-order valence-corrected chi connectivity index (χ0v) is 25.2. The number of carbonyl (C=O) groups excluding carboxylic acids is 2. The molecule has 8 nitrogen and oxygen atoms in total. The number of benzene rings is 1. The minimum Gasteiger partial charge on any atom is -0.471 e. The van der Waals surface area contributed by atoms with Crippen molar-refractivity contribution in [2.24, 2.45) is 5.92 Å². The Balaban J connectivity index is 2.13. The number of hydrogen-bond donors (Lipinski definition) is 1. The molecule has 0 radical (unpaired) electrons. The number of carbonyl (C=O) groups is 2. The fourth-order valence-corrected chi connectivity index (χ4v) is 4.96. The average molecular weight is 554 g/mol. The van der Waals surface area contributed by atoms with Gasteiger partial charge in [-0.3, -0.25) is 4.98 Å². The van der Waals surface area contributed by atoms with Gasteiger partial charge < -0.3 is 19.5 Å². The van der Waals surface area contributed by atoms with E-state index in [1.54, 1.807) is 0 Å². The Kier molecular flexibility index (Phi) is 9.72. The number of rotatable bonds is 9. The van der Waals surface area contributed by atoms with Crippen LogP contribution in [0.1, 0.15) is 77.4 Å². The number of nitrogens with zero attached hydrogens (tertiary/aromatic N) is 2. The van der Waals surface area contributed by atoms with E-state index in [2.05, 4.69) is 48.4 Å². The first-order valence-electron chi connectivity index (χ1n) is 13.0.